The molecule has 0 saturated carbocycles. The van der Waals surface area contributed by atoms with Gasteiger partial charge in [0.1, 0.15) is 0 Å². The molecule has 0 aromatic carbocycles. The highest BCUT2D eigenvalue weighted by atomic mass is 32.3. The second-order valence-electron chi connectivity index (χ2n) is 2.90. The van der Waals surface area contributed by atoms with Gasteiger partial charge in [-0.3, -0.25) is 0 Å². The fraction of sp³-hybridized carbons (Fsp3) is 1.00. The third-order valence-electron chi connectivity index (χ3n) is 1.36. The van der Waals surface area contributed by atoms with Gasteiger partial charge >= 0.3 is 33.4 Å². The Hall–Kier alpha value is -0.740. The van der Waals surface area contributed by atoms with Crippen molar-refractivity contribution in [2.75, 3.05) is 0 Å². The molecule has 0 aliphatic heterocycles. The lowest BCUT2D eigenvalue weighted by Crippen LogP contribution is -2.52. The quantitative estimate of drug-likeness (QED) is 0.542. The smallest absolute Gasteiger partial charge is 0.228 e. The summed E-state index contributed by atoms with van der Waals surface area (Å²) in [7, 11) is -13.2. The minimum atomic E-state index is -6.58. The minimum Gasteiger partial charge on any atom is -0.228 e. The topological polar surface area (TPSA) is 86.7 Å². The summed E-state index contributed by atoms with van der Waals surface area (Å²) < 4.78 is 141. The van der Waals surface area contributed by atoms with E-state index in [0.29, 0.717) is 0 Å². The molecule has 0 aliphatic rings. The summed E-state index contributed by atoms with van der Waals surface area (Å²) >= 11 is 0. The molecular weight excluding hydrogens is 360 g/mol. The molecule has 0 amide bonds. The average molecular weight is 362 g/mol. The van der Waals surface area contributed by atoms with Crippen LogP contribution in [-0.4, -0.2) is 41.4 Å². The van der Waals surface area contributed by atoms with Crippen molar-refractivity contribution in [3.05, 3.63) is 0 Å². The van der Waals surface area contributed by atoms with Crippen LogP contribution in [0.1, 0.15) is 0 Å². The van der Waals surface area contributed by atoms with Crippen LogP contribution in [-0.2, 0) is 29.4 Å². The molecule has 0 aromatic rings. The van der Waals surface area contributed by atoms with E-state index in [1.807, 2.05) is 0 Å². The van der Waals surface area contributed by atoms with Gasteiger partial charge in [0.2, 0.25) is 12.2 Å². The zero-order valence-corrected chi connectivity index (χ0v) is 10.1. The first-order chi connectivity index (χ1) is 8.43. The monoisotopic (exact) mass is 362 g/mol. The molecule has 0 heterocycles. The Bertz CT molecular complexity index is 480. The standard InChI is InChI=1S/C4H2F8O6S2/c5-3(6,7)1(17-19(11,13)14)2(4(8,9)10)18-20(12,15)16/h1-2H. The van der Waals surface area contributed by atoms with Crippen molar-refractivity contribution in [1.29, 1.82) is 0 Å². The van der Waals surface area contributed by atoms with Gasteiger partial charge in [-0.05, 0) is 0 Å². The number of hydrogen-bond donors (Lipinski definition) is 0. The Labute approximate surface area is 106 Å². The van der Waals surface area contributed by atoms with Crippen LogP contribution in [0.5, 0.6) is 0 Å². The van der Waals surface area contributed by atoms with E-state index in [9.17, 15) is 50.9 Å². The Morgan fingerprint density at radius 1 is 0.650 bits per heavy atom. The second-order valence-corrected chi connectivity index (χ2v) is 4.86. The SMILES string of the molecule is O=S(=O)(F)OC(C(OS(=O)(=O)F)C(F)(F)F)C(F)(F)F. The number of hydrogen-bond acceptors (Lipinski definition) is 6. The zero-order valence-electron chi connectivity index (χ0n) is 8.44. The van der Waals surface area contributed by atoms with Crippen molar-refractivity contribution >= 4 is 21.0 Å². The molecule has 122 valence electrons. The Balaban J connectivity index is 5.78. The van der Waals surface area contributed by atoms with Gasteiger partial charge in [0, 0.05) is 0 Å². The summed E-state index contributed by atoms with van der Waals surface area (Å²) in [4.78, 5) is 0. The molecule has 2 atom stereocenters. The van der Waals surface area contributed by atoms with Crippen molar-refractivity contribution in [1.82, 2.24) is 0 Å². The summed E-state index contributed by atoms with van der Waals surface area (Å²) in [5.74, 6) is 0. The first-order valence-electron chi connectivity index (χ1n) is 3.82. The van der Waals surface area contributed by atoms with E-state index in [0.717, 1.165) is 0 Å². The molecule has 0 aliphatic carbocycles. The van der Waals surface area contributed by atoms with Crippen LogP contribution in [0, 0.1) is 0 Å². The van der Waals surface area contributed by atoms with Crippen LogP contribution in [0.15, 0.2) is 0 Å². The van der Waals surface area contributed by atoms with Gasteiger partial charge < -0.3 is 0 Å². The van der Waals surface area contributed by atoms with Crippen molar-refractivity contribution in [3.8, 4) is 0 Å². The lowest BCUT2D eigenvalue weighted by atomic mass is 10.2. The largest absolute Gasteiger partial charge is 0.438 e. The molecule has 6 nitrogen and oxygen atoms in total. The van der Waals surface area contributed by atoms with E-state index in [1.54, 1.807) is 0 Å². The molecule has 0 saturated heterocycles. The average Bonchev–Trinajstić information content (AvgIpc) is 2.04. The molecular formula is C4H2F8O6S2. The van der Waals surface area contributed by atoms with Gasteiger partial charge in [-0.2, -0.15) is 43.2 Å². The maximum Gasteiger partial charge on any atom is 0.438 e. The minimum absolute atomic E-state index is 2.44. The third kappa shape index (κ3) is 7.15. The van der Waals surface area contributed by atoms with Gasteiger partial charge in [-0.25, -0.2) is 8.37 Å². The molecule has 0 spiro atoms. The molecule has 0 aromatic heterocycles. The van der Waals surface area contributed by atoms with E-state index >= 15 is 0 Å². The normalized spacial score (nSPS) is 17.8. The van der Waals surface area contributed by atoms with Gasteiger partial charge in [0.15, 0.2) is 0 Å². The molecule has 16 heteroatoms. The van der Waals surface area contributed by atoms with E-state index < -0.39 is 45.6 Å². The maximum atomic E-state index is 12.2. The molecule has 0 rings (SSSR count). The first kappa shape index (κ1) is 19.3. The predicted octanol–water partition coefficient (Wildman–Crippen LogP) is 1.31. The molecule has 0 N–H and O–H groups in total. The summed E-state index contributed by atoms with van der Waals surface area (Å²) in [6.45, 7) is 0. The highest BCUT2D eigenvalue weighted by Gasteiger charge is 2.61. The van der Waals surface area contributed by atoms with Crippen LogP contribution in [0.25, 0.3) is 0 Å². The summed E-state index contributed by atoms with van der Waals surface area (Å²) in [5.41, 5.74) is 0. The van der Waals surface area contributed by atoms with Gasteiger partial charge in [-0.15, -0.1) is 0 Å². The van der Waals surface area contributed by atoms with Crippen LogP contribution >= 0.6 is 0 Å². The second kappa shape index (κ2) is 5.57. The lowest BCUT2D eigenvalue weighted by molar-refractivity contribution is -0.279. The van der Waals surface area contributed by atoms with E-state index in [-0.39, 0.29) is 0 Å². The fourth-order valence-corrected chi connectivity index (χ4v) is 1.72. The van der Waals surface area contributed by atoms with Crippen LogP contribution < -0.4 is 0 Å². The molecule has 0 fully saturated rings. The molecule has 20 heavy (non-hydrogen) atoms. The zero-order chi connectivity index (χ0) is 16.6. The molecule has 2 unspecified atom stereocenters. The summed E-state index contributed by atoms with van der Waals surface area (Å²) in [6, 6.07) is 0. The predicted molar refractivity (Wildman–Crippen MR) is 41.9 cm³/mol. The Morgan fingerprint density at radius 2 is 0.850 bits per heavy atom. The van der Waals surface area contributed by atoms with Crippen LogP contribution in [0.3, 0.4) is 0 Å². The highest BCUT2D eigenvalue weighted by Crippen LogP contribution is 2.37. The number of rotatable bonds is 5. The molecule has 0 bridgehead atoms. The van der Waals surface area contributed by atoms with Crippen molar-refractivity contribution in [2.45, 2.75) is 24.6 Å². The van der Waals surface area contributed by atoms with Gasteiger partial charge in [0.25, 0.3) is 0 Å². The highest BCUT2D eigenvalue weighted by molar-refractivity contribution is 7.81. The fourth-order valence-electron chi connectivity index (χ4n) is 0.801. The van der Waals surface area contributed by atoms with E-state index in [1.165, 1.54) is 0 Å². The van der Waals surface area contributed by atoms with Crippen LogP contribution in [0.4, 0.5) is 34.1 Å². The van der Waals surface area contributed by atoms with E-state index in [4.69, 9.17) is 0 Å². The summed E-state index contributed by atoms with van der Waals surface area (Å²) in [5, 5.41) is 0. The Morgan fingerprint density at radius 3 is 0.950 bits per heavy atom. The number of halogens is 8. The third-order valence-corrected chi connectivity index (χ3v) is 2.23. The van der Waals surface area contributed by atoms with Crippen molar-refractivity contribution in [3.63, 3.8) is 0 Å². The van der Waals surface area contributed by atoms with Gasteiger partial charge in [-0.1, -0.05) is 7.77 Å². The van der Waals surface area contributed by atoms with Crippen molar-refractivity contribution < 1.29 is 59.3 Å². The van der Waals surface area contributed by atoms with Gasteiger partial charge in [0.05, 0.1) is 0 Å². The van der Waals surface area contributed by atoms with Crippen LogP contribution in [0.2, 0.25) is 0 Å². The van der Waals surface area contributed by atoms with E-state index in [2.05, 4.69) is 8.37 Å². The summed E-state index contributed by atoms with van der Waals surface area (Å²) in [6.07, 6.45) is -21.8. The lowest BCUT2D eigenvalue weighted by Gasteiger charge is -2.26. The maximum absolute atomic E-state index is 12.2. The number of alkyl halides is 6. The molecule has 0 radical (unpaired) electrons. The first-order valence-corrected chi connectivity index (χ1v) is 6.44. The Kier molecular flexibility index (Phi) is 5.36. The van der Waals surface area contributed by atoms with Crippen molar-refractivity contribution in [2.24, 2.45) is 0 Å².